The Morgan fingerprint density at radius 3 is 3.04 bits per heavy atom. The highest BCUT2D eigenvalue weighted by molar-refractivity contribution is 5.72. The van der Waals surface area contributed by atoms with Crippen molar-refractivity contribution >= 4 is 11.2 Å². The molecule has 0 saturated heterocycles. The highest BCUT2D eigenvalue weighted by atomic mass is 16.5. The molecule has 0 bridgehead atoms. The van der Waals surface area contributed by atoms with Crippen molar-refractivity contribution in [1.82, 2.24) is 19.5 Å². The van der Waals surface area contributed by atoms with E-state index in [4.69, 9.17) is 15.2 Å². The van der Waals surface area contributed by atoms with E-state index in [2.05, 4.69) is 15.0 Å². The van der Waals surface area contributed by atoms with E-state index < -0.39 is 0 Å². The normalized spacial score (nSPS) is 16.6. The van der Waals surface area contributed by atoms with E-state index in [0.717, 1.165) is 11.3 Å². The Balaban J connectivity index is 1.93. The van der Waals surface area contributed by atoms with Crippen molar-refractivity contribution < 1.29 is 9.47 Å². The van der Waals surface area contributed by atoms with Crippen molar-refractivity contribution in [1.29, 1.82) is 0 Å². The van der Waals surface area contributed by atoms with Crippen LogP contribution in [0, 0.1) is 0 Å². The molecule has 0 fully saturated rings. The van der Waals surface area contributed by atoms with Crippen LogP contribution in [0.2, 0.25) is 0 Å². The summed E-state index contributed by atoms with van der Waals surface area (Å²) >= 11 is 0. The van der Waals surface area contributed by atoms with E-state index in [1.54, 1.807) is 18.3 Å². The summed E-state index contributed by atoms with van der Waals surface area (Å²) in [5, 5.41) is 0. The third-order valence-corrected chi connectivity index (χ3v) is 4.28. The van der Waals surface area contributed by atoms with Crippen molar-refractivity contribution in [2.24, 2.45) is 5.73 Å². The molecular weight excluding hydrogens is 322 g/mol. The molecule has 3 aromatic rings. The Kier molecular flexibility index (Phi) is 3.90. The molecule has 2 N–H and O–H groups in total. The van der Waals surface area contributed by atoms with Gasteiger partial charge in [0.2, 0.25) is 5.88 Å². The molecule has 128 valence electrons. The van der Waals surface area contributed by atoms with Crippen LogP contribution in [0.3, 0.4) is 0 Å². The fraction of sp³-hybridized carbons (Fsp3) is 0.294. The topological polar surface area (TPSA) is 105 Å². The average molecular weight is 339 g/mol. The highest BCUT2D eigenvalue weighted by Gasteiger charge is 2.22. The van der Waals surface area contributed by atoms with Crippen molar-refractivity contribution in [3.05, 3.63) is 52.2 Å². The molecule has 25 heavy (non-hydrogen) atoms. The summed E-state index contributed by atoms with van der Waals surface area (Å²) in [6.45, 7) is 1.48. The van der Waals surface area contributed by atoms with Crippen LogP contribution in [0.1, 0.15) is 17.2 Å². The fourth-order valence-electron chi connectivity index (χ4n) is 3.02. The van der Waals surface area contributed by atoms with Gasteiger partial charge in [0.25, 0.3) is 5.56 Å². The lowest BCUT2D eigenvalue weighted by Gasteiger charge is -2.24. The quantitative estimate of drug-likeness (QED) is 0.751. The van der Waals surface area contributed by atoms with Gasteiger partial charge in [-0.25, -0.2) is 4.98 Å². The number of nitrogens with two attached hydrogens (primary N) is 1. The number of fused-ring (bicyclic) bond motifs is 2. The lowest BCUT2D eigenvalue weighted by Crippen LogP contribution is -2.26. The second-order valence-electron chi connectivity index (χ2n) is 5.81. The van der Waals surface area contributed by atoms with Gasteiger partial charge in [0.15, 0.2) is 5.65 Å². The van der Waals surface area contributed by atoms with Crippen LogP contribution in [0.15, 0.2) is 35.4 Å². The minimum Gasteiger partial charge on any atom is -0.481 e. The Bertz CT molecular complexity index is 1000. The number of methoxy groups -OCH3 is 1. The number of rotatable bonds is 3. The molecule has 0 saturated carbocycles. The molecule has 1 aliphatic heterocycles. The summed E-state index contributed by atoms with van der Waals surface area (Å²) in [5.74, 6) is 0.480. The molecule has 0 amide bonds. The zero-order valence-corrected chi connectivity index (χ0v) is 13.7. The number of hydrogen-bond donors (Lipinski definition) is 1. The Morgan fingerprint density at radius 2 is 2.24 bits per heavy atom. The van der Waals surface area contributed by atoms with Gasteiger partial charge < -0.3 is 15.2 Å². The molecule has 3 aromatic heterocycles. The average Bonchev–Trinajstić information content (AvgIpc) is 2.66. The number of pyridine rings is 2. The predicted octanol–water partition coefficient (Wildman–Crippen LogP) is 0.757. The van der Waals surface area contributed by atoms with Crippen LogP contribution in [0.25, 0.3) is 16.9 Å². The van der Waals surface area contributed by atoms with E-state index in [0.29, 0.717) is 42.5 Å². The monoisotopic (exact) mass is 339 g/mol. The first-order valence-electron chi connectivity index (χ1n) is 7.91. The Labute approximate surface area is 143 Å². The van der Waals surface area contributed by atoms with Gasteiger partial charge in [-0.2, -0.15) is 4.98 Å². The molecule has 0 aliphatic carbocycles. The molecule has 8 heteroatoms. The Morgan fingerprint density at radius 1 is 1.36 bits per heavy atom. The maximum Gasteiger partial charge on any atom is 0.275 e. The summed E-state index contributed by atoms with van der Waals surface area (Å²) in [5.41, 5.74) is 8.97. The summed E-state index contributed by atoms with van der Waals surface area (Å²) in [4.78, 5) is 25.5. The maximum atomic E-state index is 12.5. The second-order valence-corrected chi connectivity index (χ2v) is 5.81. The predicted molar refractivity (Wildman–Crippen MR) is 90.9 cm³/mol. The highest BCUT2D eigenvalue weighted by Crippen LogP contribution is 2.26. The van der Waals surface area contributed by atoms with Crippen molar-refractivity contribution in [2.75, 3.05) is 20.3 Å². The van der Waals surface area contributed by atoms with Gasteiger partial charge in [0, 0.05) is 24.1 Å². The van der Waals surface area contributed by atoms with Crippen molar-refractivity contribution in [3.8, 4) is 11.6 Å². The molecule has 0 aromatic carbocycles. The SMILES string of the molecule is COc1ccc2ncc(=O)n(-c3cnc4c(c3)COCC4CN)c2n1. The van der Waals surface area contributed by atoms with Crippen molar-refractivity contribution in [2.45, 2.75) is 12.5 Å². The fourth-order valence-corrected chi connectivity index (χ4v) is 3.02. The molecule has 1 unspecified atom stereocenters. The number of nitrogens with zero attached hydrogens (tertiary/aromatic N) is 4. The Hall–Kier alpha value is -2.84. The molecule has 8 nitrogen and oxygen atoms in total. The zero-order valence-electron chi connectivity index (χ0n) is 13.7. The molecule has 0 radical (unpaired) electrons. The van der Waals surface area contributed by atoms with Crippen LogP contribution < -0.4 is 16.0 Å². The first-order valence-corrected chi connectivity index (χ1v) is 7.91. The summed E-state index contributed by atoms with van der Waals surface area (Å²) in [7, 11) is 1.53. The summed E-state index contributed by atoms with van der Waals surface area (Å²) in [6, 6.07) is 5.36. The molecule has 4 heterocycles. The maximum absolute atomic E-state index is 12.5. The largest absolute Gasteiger partial charge is 0.481 e. The summed E-state index contributed by atoms with van der Waals surface area (Å²) < 4.78 is 12.2. The van der Waals surface area contributed by atoms with Crippen LogP contribution in [0.5, 0.6) is 5.88 Å². The lowest BCUT2D eigenvalue weighted by molar-refractivity contribution is 0.0909. The van der Waals surface area contributed by atoms with E-state index in [1.807, 2.05) is 6.07 Å². The van der Waals surface area contributed by atoms with E-state index in [-0.39, 0.29) is 11.5 Å². The van der Waals surface area contributed by atoms with E-state index in [1.165, 1.54) is 17.9 Å². The van der Waals surface area contributed by atoms with Gasteiger partial charge in [0.1, 0.15) is 5.52 Å². The number of aromatic nitrogens is 4. The van der Waals surface area contributed by atoms with Crippen LogP contribution in [-0.2, 0) is 11.3 Å². The molecule has 1 atom stereocenters. The molecule has 1 aliphatic rings. The van der Waals surface area contributed by atoms with Crippen LogP contribution in [-0.4, -0.2) is 39.8 Å². The first kappa shape index (κ1) is 15.7. The molecular formula is C17H17N5O3. The minimum atomic E-state index is -0.290. The van der Waals surface area contributed by atoms with Gasteiger partial charge in [0.05, 0.1) is 44.1 Å². The van der Waals surface area contributed by atoms with Gasteiger partial charge in [-0.15, -0.1) is 0 Å². The number of hydrogen-bond acceptors (Lipinski definition) is 7. The minimum absolute atomic E-state index is 0.0712. The van der Waals surface area contributed by atoms with Gasteiger partial charge in [-0.05, 0) is 12.1 Å². The van der Waals surface area contributed by atoms with Crippen molar-refractivity contribution in [3.63, 3.8) is 0 Å². The van der Waals surface area contributed by atoms with Gasteiger partial charge in [-0.3, -0.25) is 14.3 Å². The summed E-state index contributed by atoms with van der Waals surface area (Å²) in [6.07, 6.45) is 2.93. The molecule has 0 spiro atoms. The van der Waals surface area contributed by atoms with Gasteiger partial charge >= 0.3 is 0 Å². The zero-order chi connectivity index (χ0) is 17.4. The number of ether oxygens (including phenoxy) is 2. The van der Waals surface area contributed by atoms with E-state index >= 15 is 0 Å². The van der Waals surface area contributed by atoms with Crippen LogP contribution >= 0.6 is 0 Å². The first-order chi connectivity index (χ1) is 12.2. The second kappa shape index (κ2) is 6.23. The van der Waals surface area contributed by atoms with Gasteiger partial charge in [-0.1, -0.05) is 0 Å². The van der Waals surface area contributed by atoms with E-state index in [9.17, 15) is 4.79 Å². The third kappa shape index (κ3) is 2.65. The lowest BCUT2D eigenvalue weighted by atomic mass is 9.98. The standard InChI is InChI=1S/C17H17N5O3/c1-24-14-3-2-13-17(21-14)22(15(23)7-19-13)12-4-10-8-25-9-11(5-18)16(10)20-6-12/h2-4,6-7,11H,5,8-9,18H2,1H3. The molecule has 4 rings (SSSR count). The van der Waals surface area contributed by atoms with Crippen LogP contribution in [0.4, 0.5) is 0 Å². The third-order valence-electron chi connectivity index (χ3n) is 4.28. The smallest absolute Gasteiger partial charge is 0.275 e.